The lowest BCUT2D eigenvalue weighted by atomic mass is 10.2. The third kappa shape index (κ3) is 3.00. The van der Waals surface area contributed by atoms with E-state index in [4.69, 9.17) is 0 Å². The van der Waals surface area contributed by atoms with Crippen LogP contribution in [0.3, 0.4) is 0 Å². The maximum atomic E-state index is 12.6. The van der Waals surface area contributed by atoms with E-state index in [0.717, 1.165) is 6.07 Å². The number of rotatable bonds is 4. The molecule has 12 heteroatoms. The third-order valence-electron chi connectivity index (χ3n) is 3.50. The number of alkyl halides is 3. The van der Waals surface area contributed by atoms with Gasteiger partial charge in [-0.25, -0.2) is 8.42 Å². The first kappa shape index (κ1) is 18.0. The number of sulfone groups is 1. The topological polar surface area (TPSA) is 101 Å². The fraction of sp³-hybridized carbons (Fsp3) is 0.417. The van der Waals surface area contributed by atoms with Crippen LogP contribution < -0.4 is 4.90 Å². The maximum Gasteiger partial charge on any atom is 0.501 e. The highest BCUT2D eigenvalue weighted by Gasteiger charge is 2.47. The van der Waals surface area contributed by atoms with Crippen LogP contribution in [0.5, 0.6) is 0 Å². The molecular formula is C12H12F3N3O5S. The smallest absolute Gasteiger partial charge is 0.339 e. The summed E-state index contributed by atoms with van der Waals surface area (Å²) >= 11 is 0. The number of amides is 1. The zero-order valence-corrected chi connectivity index (χ0v) is 13.1. The summed E-state index contributed by atoms with van der Waals surface area (Å²) in [5.41, 5.74) is -6.50. The Morgan fingerprint density at radius 3 is 2.42 bits per heavy atom. The first-order chi connectivity index (χ1) is 11.0. The highest BCUT2D eigenvalue weighted by atomic mass is 32.2. The second-order valence-corrected chi connectivity index (χ2v) is 6.89. The zero-order valence-electron chi connectivity index (χ0n) is 12.3. The van der Waals surface area contributed by atoms with E-state index in [2.05, 4.69) is 0 Å². The van der Waals surface area contributed by atoms with Crippen LogP contribution in [0.15, 0.2) is 23.1 Å². The molecule has 1 aromatic carbocycles. The van der Waals surface area contributed by atoms with E-state index >= 15 is 0 Å². The molecule has 0 atom stereocenters. The lowest BCUT2D eigenvalue weighted by Gasteiger charge is -2.19. The van der Waals surface area contributed by atoms with Crippen LogP contribution in [-0.2, 0) is 14.6 Å². The quantitative estimate of drug-likeness (QED) is 0.591. The predicted octanol–water partition coefficient (Wildman–Crippen LogP) is 1.51. The van der Waals surface area contributed by atoms with Crippen molar-refractivity contribution in [3.63, 3.8) is 0 Å². The lowest BCUT2D eigenvalue weighted by Crippen LogP contribution is -2.27. The van der Waals surface area contributed by atoms with E-state index in [-0.39, 0.29) is 24.8 Å². The minimum absolute atomic E-state index is 0.0293. The van der Waals surface area contributed by atoms with Gasteiger partial charge >= 0.3 is 5.51 Å². The summed E-state index contributed by atoms with van der Waals surface area (Å²) in [6.45, 7) is 1.92. The molecule has 132 valence electrons. The van der Waals surface area contributed by atoms with Gasteiger partial charge in [-0.15, -0.1) is 0 Å². The number of nitro benzene ring substituents is 1. The van der Waals surface area contributed by atoms with Gasteiger partial charge in [-0.3, -0.25) is 14.9 Å². The van der Waals surface area contributed by atoms with Gasteiger partial charge in [-0.05, 0) is 19.1 Å². The summed E-state index contributed by atoms with van der Waals surface area (Å²) in [6, 6.07) is 1.91. The molecule has 8 nitrogen and oxygen atoms in total. The van der Waals surface area contributed by atoms with Crippen molar-refractivity contribution in [2.75, 3.05) is 24.7 Å². The normalized spacial score (nSPS) is 15.9. The van der Waals surface area contributed by atoms with E-state index in [1.807, 2.05) is 0 Å². The number of likely N-dealkylation sites (N-methyl/N-ethyl adjacent to an activating group) is 1. The zero-order chi connectivity index (χ0) is 18.3. The number of carbonyl (C=O) groups excluding carboxylic acids is 1. The fourth-order valence-corrected chi connectivity index (χ4v) is 3.03. The average Bonchev–Trinajstić information content (AvgIpc) is 2.86. The van der Waals surface area contributed by atoms with Gasteiger partial charge in [-0.1, -0.05) is 0 Å². The van der Waals surface area contributed by atoms with Crippen molar-refractivity contribution >= 4 is 27.1 Å². The monoisotopic (exact) mass is 367 g/mol. The van der Waals surface area contributed by atoms with Crippen molar-refractivity contribution < 1.29 is 31.3 Å². The van der Waals surface area contributed by atoms with Crippen LogP contribution in [0.2, 0.25) is 0 Å². The molecule has 1 fully saturated rings. The Bertz CT molecular complexity index is 794. The highest BCUT2D eigenvalue weighted by Crippen LogP contribution is 2.36. The molecule has 1 aliphatic rings. The number of benzene rings is 1. The molecular weight excluding hydrogens is 355 g/mol. The molecule has 0 radical (unpaired) electrons. The van der Waals surface area contributed by atoms with E-state index < -0.39 is 30.9 Å². The molecule has 1 heterocycles. The van der Waals surface area contributed by atoms with Gasteiger partial charge in [0.25, 0.3) is 15.5 Å². The Hall–Kier alpha value is -2.37. The SMILES string of the molecule is CCN1CN(c2ccc(S(=O)(=O)C(F)(F)F)cc2[N+](=O)[O-])CC1=O. The first-order valence-corrected chi connectivity index (χ1v) is 8.10. The van der Waals surface area contributed by atoms with Crippen LogP contribution in [-0.4, -0.2) is 49.4 Å². The number of nitrogens with zero attached hydrogens (tertiary/aromatic N) is 3. The van der Waals surface area contributed by atoms with Crippen molar-refractivity contribution in [2.24, 2.45) is 0 Å². The molecule has 0 aliphatic carbocycles. The van der Waals surface area contributed by atoms with Crippen molar-refractivity contribution in [3.05, 3.63) is 28.3 Å². The first-order valence-electron chi connectivity index (χ1n) is 6.61. The van der Waals surface area contributed by atoms with Gasteiger partial charge in [0, 0.05) is 12.6 Å². The van der Waals surface area contributed by atoms with Crippen LogP contribution in [0.1, 0.15) is 6.92 Å². The molecule has 0 bridgehead atoms. The van der Waals surface area contributed by atoms with Crippen molar-refractivity contribution in [2.45, 2.75) is 17.3 Å². The number of anilines is 1. The highest BCUT2D eigenvalue weighted by molar-refractivity contribution is 7.92. The van der Waals surface area contributed by atoms with Gasteiger partial charge in [0.05, 0.1) is 23.0 Å². The van der Waals surface area contributed by atoms with Gasteiger partial charge in [0.15, 0.2) is 0 Å². The van der Waals surface area contributed by atoms with E-state index in [0.29, 0.717) is 18.7 Å². The summed E-state index contributed by atoms with van der Waals surface area (Å²) in [4.78, 5) is 23.3. The van der Waals surface area contributed by atoms with Crippen molar-refractivity contribution in [3.8, 4) is 0 Å². The molecule has 1 aromatic rings. The average molecular weight is 367 g/mol. The second kappa shape index (κ2) is 5.92. The van der Waals surface area contributed by atoms with Gasteiger partial charge < -0.3 is 9.80 Å². The Balaban J connectivity index is 2.50. The standard InChI is InChI=1S/C12H12F3N3O5S/c1-2-16-7-17(6-11(16)19)9-4-3-8(5-10(9)18(20)21)24(22,23)12(13,14)15/h3-5H,2,6-7H2,1H3. The number of nitro groups is 1. The van der Waals surface area contributed by atoms with Crippen LogP contribution in [0, 0.1) is 10.1 Å². The lowest BCUT2D eigenvalue weighted by molar-refractivity contribution is -0.384. The third-order valence-corrected chi connectivity index (χ3v) is 4.99. The molecule has 0 aromatic heterocycles. The summed E-state index contributed by atoms with van der Waals surface area (Å²) in [5, 5.41) is 11.1. The number of hydrogen-bond donors (Lipinski definition) is 0. The maximum absolute atomic E-state index is 12.6. The molecule has 1 aliphatic heterocycles. The Labute approximate surface area is 134 Å². The molecule has 24 heavy (non-hydrogen) atoms. The van der Waals surface area contributed by atoms with Gasteiger partial charge in [0.2, 0.25) is 5.91 Å². The summed E-state index contributed by atoms with van der Waals surface area (Å²) in [6.07, 6.45) is 0. The second-order valence-electron chi connectivity index (χ2n) is 4.95. The van der Waals surface area contributed by atoms with Crippen LogP contribution >= 0.6 is 0 Å². The molecule has 0 N–H and O–H groups in total. The minimum atomic E-state index is -5.70. The molecule has 0 spiro atoms. The summed E-state index contributed by atoms with van der Waals surface area (Å²) < 4.78 is 60.5. The molecule has 2 rings (SSSR count). The Morgan fingerprint density at radius 2 is 1.96 bits per heavy atom. The largest absolute Gasteiger partial charge is 0.501 e. The molecule has 1 amide bonds. The predicted molar refractivity (Wildman–Crippen MR) is 75.9 cm³/mol. The summed E-state index contributed by atoms with van der Waals surface area (Å²) in [5.74, 6) is -0.293. The minimum Gasteiger partial charge on any atom is -0.339 e. The fourth-order valence-electron chi connectivity index (χ4n) is 2.25. The molecule has 0 saturated carbocycles. The van der Waals surface area contributed by atoms with Crippen molar-refractivity contribution in [1.29, 1.82) is 0 Å². The number of halogens is 3. The van der Waals surface area contributed by atoms with Crippen molar-refractivity contribution in [1.82, 2.24) is 4.90 Å². The number of carbonyl (C=O) groups is 1. The Kier molecular flexibility index (Phi) is 4.44. The summed E-state index contributed by atoms with van der Waals surface area (Å²) in [7, 11) is -5.70. The van der Waals surface area contributed by atoms with E-state index in [1.165, 1.54) is 9.80 Å². The van der Waals surface area contributed by atoms with Gasteiger partial charge in [-0.2, -0.15) is 13.2 Å². The van der Waals surface area contributed by atoms with E-state index in [1.54, 1.807) is 6.92 Å². The Morgan fingerprint density at radius 1 is 1.33 bits per heavy atom. The molecule has 0 unspecified atom stereocenters. The molecule has 1 saturated heterocycles. The van der Waals surface area contributed by atoms with Crippen LogP contribution in [0.25, 0.3) is 0 Å². The van der Waals surface area contributed by atoms with E-state index in [9.17, 15) is 36.5 Å². The van der Waals surface area contributed by atoms with Gasteiger partial charge in [0.1, 0.15) is 5.69 Å². The van der Waals surface area contributed by atoms with Crippen LogP contribution in [0.4, 0.5) is 24.5 Å². The number of hydrogen-bond acceptors (Lipinski definition) is 6.